The zero-order valence-electron chi connectivity index (χ0n) is 9.26. The minimum Gasteiger partial charge on any atom is -0.455 e. The molecule has 0 radical (unpaired) electrons. The van der Waals surface area contributed by atoms with Crippen LogP contribution < -0.4 is 5.73 Å². The number of hydrogen-bond acceptors (Lipinski definition) is 8. The maximum Gasteiger partial charge on any atom is 0.364 e. The van der Waals surface area contributed by atoms with Crippen LogP contribution in [0.15, 0.2) is 4.63 Å². The van der Waals surface area contributed by atoms with E-state index in [4.69, 9.17) is 10.5 Å². The van der Waals surface area contributed by atoms with Crippen LogP contribution in [0.1, 0.15) is 26.1 Å². The molecule has 0 saturated carbocycles. The van der Waals surface area contributed by atoms with Crippen LogP contribution in [0.3, 0.4) is 0 Å². The number of esters is 1. The topological polar surface area (TPSA) is 104 Å². The third-order valence-corrected chi connectivity index (χ3v) is 3.09. The molecule has 0 bridgehead atoms. The lowest BCUT2D eigenvalue weighted by atomic mass is 10.4. The van der Waals surface area contributed by atoms with Gasteiger partial charge in [-0.15, -0.1) is 11.3 Å². The molecule has 2 aromatic heterocycles. The summed E-state index contributed by atoms with van der Waals surface area (Å²) in [5.41, 5.74) is 6.11. The zero-order valence-corrected chi connectivity index (χ0v) is 10.1. The Bertz CT molecular complexity index is 548. The molecule has 2 heterocycles. The van der Waals surface area contributed by atoms with Crippen molar-refractivity contribution in [1.29, 1.82) is 0 Å². The van der Waals surface area contributed by atoms with Crippen LogP contribution in [0.4, 0.5) is 5.82 Å². The van der Waals surface area contributed by atoms with Gasteiger partial charge in [-0.3, -0.25) is 0 Å². The first-order chi connectivity index (χ1) is 8.08. The number of aryl methyl sites for hydroxylation is 2. The van der Waals surface area contributed by atoms with Crippen LogP contribution in [-0.4, -0.2) is 21.3 Å². The van der Waals surface area contributed by atoms with Gasteiger partial charge in [-0.05, 0) is 24.2 Å². The van der Waals surface area contributed by atoms with E-state index in [1.165, 1.54) is 11.3 Å². The van der Waals surface area contributed by atoms with E-state index < -0.39 is 5.97 Å². The average Bonchev–Trinajstić information content (AvgIpc) is 2.81. The SMILES string of the molecule is Cc1nc(C)c(COC(=O)c2nonc2N)s1. The zero-order chi connectivity index (χ0) is 12.4. The van der Waals surface area contributed by atoms with Crippen molar-refractivity contribution in [2.75, 3.05) is 5.73 Å². The van der Waals surface area contributed by atoms with E-state index in [2.05, 4.69) is 19.9 Å². The molecule has 0 aliphatic rings. The summed E-state index contributed by atoms with van der Waals surface area (Å²) in [6.07, 6.45) is 0. The highest BCUT2D eigenvalue weighted by Crippen LogP contribution is 2.18. The van der Waals surface area contributed by atoms with Gasteiger partial charge in [-0.25, -0.2) is 14.4 Å². The van der Waals surface area contributed by atoms with Gasteiger partial charge in [-0.1, -0.05) is 0 Å². The predicted molar refractivity (Wildman–Crippen MR) is 59.4 cm³/mol. The van der Waals surface area contributed by atoms with Gasteiger partial charge in [0.05, 0.1) is 15.6 Å². The molecule has 8 heteroatoms. The van der Waals surface area contributed by atoms with Gasteiger partial charge in [0, 0.05) is 0 Å². The lowest BCUT2D eigenvalue weighted by Crippen LogP contribution is -2.08. The Hall–Kier alpha value is -1.96. The van der Waals surface area contributed by atoms with Crippen molar-refractivity contribution >= 4 is 23.1 Å². The first-order valence-corrected chi connectivity index (χ1v) is 5.57. The van der Waals surface area contributed by atoms with Crippen LogP contribution in [0.25, 0.3) is 0 Å². The van der Waals surface area contributed by atoms with Crippen LogP contribution >= 0.6 is 11.3 Å². The van der Waals surface area contributed by atoms with Crippen LogP contribution in [-0.2, 0) is 11.3 Å². The molecule has 0 spiro atoms. The van der Waals surface area contributed by atoms with Crippen molar-refractivity contribution in [1.82, 2.24) is 15.3 Å². The van der Waals surface area contributed by atoms with Crippen molar-refractivity contribution in [3.05, 3.63) is 21.3 Å². The maximum atomic E-state index is 11.5. The molecule has 90 valence electrons. The summed E-state index contributed by atoms with van der Waals surface area (Å²) in [6, 6.07) is 0. The Morgan fingerprint density at radius 2 is 2.24 bits per heavy atom. The lowest BCUT2D eigenvalue weighted by Gasteiger charge is -2.00. The fourth-order valence-electron chi connectivity index (χ4n) is 1.24. The molecule has 2 aromatic rings. The highest BCUT2D eigenvalue weighted by atomic mass is 32.1. The van der Waals surface area contributed by atoms with E-state index in [-0.39, 0.29) is 18.1 Å². The summed E-state index contributed by atoms with van der Waals surface area (Å²) in [5.74, 6) is -0.735. The summed E-state index contributed by atoms with van der Waals surface area (Å²) in [7, 11) is 0. The van der Waals surface area contributed by atoms with E-state index in [1.54, 1.807) is 0 Å². The van der Waals surface area contributed by atoms with E-state index in [9.17, 15) is 4.79 Å². The van der Waals surface area contributed by atoms with Gasteiger partial charge in [0.2, 0.25) is 11.5 Å². The molecule has 0 unspecified atom stereocenters. The Morgan fingerprint density at radius 1 is 1.47 bits per heavy atom. The minimum atomic E-state index is -0.658. The average molecular weight is 254 g/mol. The van der Waals surface area contributed by atoms with Crippen LogP contribution in [0.2, 0.25) is 0 Å². The van der Waals surface area contributed by atoms with Gasteiger partial charge < -0.3 is 10.5 Å². The van der Waals surface area contributed by atoms with E-state index in [0.717, 1.165) is 15.6 Å². The molecule has 0 atom stereocenters. The fourth-order valence-corrected chi connectivity index (χ4v) is 2.09. The van der Waals surface area contributed by atoms with Crippen molar-refractivity contribution in [2.45, 2.75) is 20.5 Å². The smallest absolute Gasteiger partial charge is 0.364 e. The van der Waals surface area contributed by atoms with E-state index in [0.29, 0.717) is 0 Å². The summed E-state index contributed by atoms with van der Waals surface area (Å²) >= 11 is 1.48. The Balaban J connectivity index is 2.02. The number of carbonyl (C=O) groups is 1. The number of nitrogen functional groups attached to an aromatic ring is 1. The summed E-state index contributed by atoms with van der Waals surface area (Å²) in [4.78, 5) is 16.7. The molecule has 0 fully saturated rings. The van der Waals surface area contributed by atoms with Crippen LogP contribution in [0.5, 0.6) is 0 Å². The van der Waals surface area contributed by atoms with Gasteiger partial charge >= 0.3 is 5.97 Å². The number of nitrogens with zero attached hydrogens (tertiary/aromatic N) is 3. The molecule has 2 N–H and O–H groups in total. The number of thiazole rings is 1. The normalized spacial score (nSPS) is 10.5. The molecule has 0 aliphatic carbocycles. The molecule has 0 amide bonds. The molecule has 2 rings (SSSR count). The predicted octanol–water partition coefficient (Wildman–Crippen LogP) is 1.08. The monoisotopic (exact) mass is 254 g/mol. The highest BCUT2D eigenvalue weighted by Gasteiger charge is 2.18. The summed E-state index contributed by atoms with van der Waals surface area (Å²) < 4.78 is 9.35. The quantitative estimate of drug-likeness (QED) is 0.817. The van der Waals surface area contributed by atoms with Gasteiger partial charge in [-0.2, -0.15) is 0 Å². The number of carbonyl (C=O) groups excluding carboxylic acids is 1. The van der Waals surface area contributed by atoms with Crippen molar-refractivity contribution in [3.63, 3.8) is 0 Å². The van der Waals surface area contributed by atoms with Gasteiger partial charge in [0.15, 0.2) is 0 Å². The first-order valence-electron chi connectivity index (χ1n) is 4.76. The fraction of sp³-hybridized carbons (Fsp3) is 0.333. The van der Waals surface area contributed by atoms with Gasteiger partial charge in [0.1, 0.15) is 6.61 Å². The first kappa shape index (κ1) is 11.5. The number of hydrogen-bond donors (Lipinski definition) is 1. The van der Waals surface area contributed by atoms with Crippen molar-refractivity contribution < 1.29 is 14.2 Å². The molecular formula is C9H10N4O3S. The van der Waals surface area contributed by atoms with E-state index >= 15 is 0 Å². The largest absolute Gasteiger partial charge is 0.455 e. The molecular weight excluding hydrogens is 244 g/mol. The second-order valence-corrected chi connectivity index (χ2v) is 4.60. The van der Waals surface area contributed by atoms with Crippen LogP contribution in [0, 0.1) is 13.8 Å². The Kier molecular flexibility index (Phi) is 3.05. The Labute approximate surface area is 101 Å². The standard InChI is InChI=1S/C9H10N4O3S/c1-4-6(17-5(2)11-4)3-15-9(14)7-8(10)13-16-12-7/h3H2,1-2H3,(H2,10,13). The molecule has 0 saturated heterocycles. The summed E-state index contributed by atoms with van der Waals surface area (Å²) in [5, 5.41) is 7.58. The third-order valence-electron chi connectivity index (χ3n) is 2.04. The number of anilines is 1. The molecule has 7 nitrogen and oxygen atoms in total. The van der Waals surface area contributed by atoms with Crippen molar-refractivity contribution in [2.24, 2.45) is 0 Å². The number of nitrogens with two attached hydrogens (primary N) is 1. The molecule has 17 heavy (non-hydrogen) atoms. The van der Waals surface area contributed by atoms with Gasteiger partial charge in [0.25, 0.3) is 0 Å². The molecule has 0 aliphatic heterocycles. The second-order valence-electron chi connectivity index (χ2n) is 3.32. The second kappa shape index (κ2) is 4.50. The third kappa shape index (κ3) is 2.41. The molecule has 0 aromatic carbocycles. The number of ether oxygens (including phenoxy) is 1. The van der Waals surface area contributed by atoms with Crippen molar-refractivity contribution in [3.8, 4) is 0 Å². The Morgan fingerprint density at radius 3 is 2.76 bits per heavy atom. The summed E-state index contributed by atoms with van der Waals surface area (Å²) in [6.45, 7) is 3.89. The highest BCUT2D eigenvalue weighted by molar-refractivity contribution is 7.11. The minimum absolute atomic E-state index is 0.0767. The lowest BCUT2D eigenvalue weighted by molar-refractivity contribution is 0.0464. The number of aromatic nitrogens is 3. The van der Waals surface area contributed by atoms with E-state index in [1.807, 2.05) is 13.8 Å². The number of rotatable bonds is 3. The maximum absolute atomic E-state index is 11.5.